The highest BCUT2D eigenvalue weighted by Crippen LogP contribution is 2.14. The fourth-order valence-electron chi connectivity index (χ4n) is 1.94. The molecule has 0 saturated carbocycles. The van der Waals surface area contributed by atoms with Crippen molar-refractivity contribution in [3.63, 3.8) is 0 Å². The molecule has 0 unspecified atom stereocenters. The number of aromatic nitrogens is 2. The molecule has 1 heterocycles. The minimum atomic E-state index is -0.233. The summed E-state index contributed by atoms with van der Waals surface area (Å²) in [5, 5.41) is 6.02. The first-order chi connectivity index (χ1) is 10.6. The Labute approximate surface area is 131 Å². The normalized spacial score (nSPS) is 10.5. The number of amides is 1. The molecule has 0 radical (unpaired) electrons. The second kappa shape index (κ2) is 7.54. The van der Waals surface area contributed by atoms with Gasteiger partial charge in [0.1, 0.15) is 5.69 Å². The lowest BCUT2D eigenvalue weighted by Crippen LogP contribution is -2.16. The van der Waals surface area contributed by atoms with E-state index in [1.165, 1.54) is 0 Å². The lowest BCUT2D eigenvalue weighted by atomic mass is 10.1. The maximum absolute atomic E-state index is 12.3. The largest absolute Gasteiger partial charge is 0.354 e. The van der Waals surface area contributed by atoms with Crippen molar-refractivity contribution in [2.24, 2.45) is 5.92 Å². The smallest absolute Gasteiger partial charge is 0.274 e. The Morgan fingerprint density at radius 2 is 2.00 bits per heavy atom. The lowest BCUT2D eigenvalue weighted by Gasteiger charge is -2.09. The van der Waals surface area contributed by atoms with Crippen LogP contribution in [0.25, 0.3) is 0 Å². The minimum absolute atomic E-state index is 0.233. The Morgan fingerprint density at radius 3 is 2.73 bits per heavy atom. The molecule has 0 aliphatic carbocycles. The van der Waals surface area contributed by atoms with E-state index in [1.807, 2.05) is 31.2 Å². The van der Waals surface area contributed by atoms with Gasteiger partial charge in [0.25, 0.3) is 5.91 Å². The van der Waals surface area contributed by atoms with E-state index in [9.17, 15) is 4.79 Å². The highest BCUT2D eigenvalue weighted by molar-refractivity contribution is 6.03. The van der Waals surface area contributed by atoms with E-state index in [0.717, 1.165) is 24.2 Å². The second-order valence-corrected chi connectivity index (χ2v) is 5.64. The molecule has 2 aromatic rings. The average molecular weight is 298 g/mol. The van der Waals surface area contributed by atoms with Gasteiger partial charge >= 0.3 is 0 Å². The third-order valence-corrected chi connectivity index (χ3v) is 3.29. The van der Waals surface area contributed by atoms with Crippen molar-refractivity contribution in [2.45, 2.75) is 27.2 Å². The number of carbonyl (C=O) groups excluding carboxylic acids is 1. The zero-order chi connectivity index (χ0) is 15.9. The Kier molecular flexibility index (Phi) is 5.47. The molecule has 0 spiro atoms. The lowest BCUT2D eigenvalue weighted by molar-refractivity contribution is 0.102. The molecular weight excluding hydrogens is 276 g/mol. The van der Waals surface area contributed by atoms with Gasteiger partial charge in [-0.3, -0.25) is 4.79 Å². The van der Waals surface area contributed by atoms with Crippen LogP contribution in [0, 0.1) is 12.8 Å². The van der Waals surface area contributed by atoms with Gasteiger partial charge in [0.15, 0.2) is 0 Å². The molecule has 116 valence electrons. The summed E-state index contributed by atoms with van der Waals surface area (Å²) in [4.78, 5) is 20.7. The second-order valence-electron chi connectivity index (χ2n) is 5.64. The molecule has 0 bridgehead atoms. The Balaban J connectivity index is 2.02. The molecule has 5 heteroatoms. The van der Waals surface area contributed by atoms with E-state index in [4.69, 9.17) is 0 Å². The minimum Gasteiger partial charge on any atom is -0.354 e. The zero-order valence-corrected chi connectivity index (χ0v) is 13.3. The van der Waals surface area contributed by atoms with Gasteiger partial charge in [0, 0.05) is 18.4 Å². The first kappa shape index (κ1) is 15.9. The molecular formula is C17H22N4O. The van der Waals surface area contributed by atoms with E-state index >= 15 is 0 Å². The molecule has 0 saturated heterocycles. The number of aryl methyl sites for hydroxylation is 1. The molecule has 1 amide bonds. The number of nitrogens with one attached hydrogen (secondary N) is 2. The van der Waals surface area contributed by atoms with E-state index in [2.05, 4.69) is 34.4 Å². The maximum atomic E-state index is 12.3. The number of hydrogen-bond donors (Lipinski definition) is 2. The summed E-state index contributed by atoms with van der Waals surface area (Å²) in [7, 11) is 0. The van der Waals surface area contributed by atoms with Gasteiger partial charge in [-0.15, -0.1) is 0 Å². The van der Waals surface area contributed by atoms with Crippen LogP contribution >= 0.6 is 0 Å². The summed E-state index contributed by atoms with van der Waals surface area (Å²) in [6, 6.07) is 9.26. The molecule has 0 aliphatic heterocycles. The summed E-state index contributed by atoms with van der Waals surface area (Å²) in [5.41, 5.74) is 2.16. The van der Waals surface area contributed by atoms with Gasteiger partial charge in [-0.25, -0.2) is 9.97 Å². The van der Waals surface area contributed by atoms with Crippen molar-refractivity contribution in [1.29, 1.82) is 0 Å². The highest BCUT2D eigenvalue weighted by atomic mass is 16.1. The quantitative estimate of drug-likeness (QED) is 0.856. The van der Waals surface area contributed by atoms with Crippen LogP contribution in [0.3, 0.4) is 0 Å². The first-order valence-corrected chi connectivity index (χ1v) is 7.50. The monoisotopic (exact) mass is 298 g/mol. The van der Waals surface area contributed by atoms with Crippen molar-refractivity contribution in [1.82, 2.24) is 9.97 Å². The summed E-state index contributed by atoms with van der Waals surface area (Å²) < 4.78 is 0. The van der Waals surface area contributed by atoms with Crippen molar-refractivity contribution in [3.05, 3.63) is 47.8 Å². The number of benzene rings is 1. The van der Waals surface area contributed by atoms with Crippen LogP contribution in [0.4, 0.5) is 11.6 Å². The molecule has 2 N–H and O–H groups in total. The molecule has 0 aliphatic rings. The number of hydrogen-bond acceptors (Lipinski definition) is 4. The van der Waals surface area contributed by atoms with Gasteiger partial charge < -0.3 is 10.6 Å². The van der Waals surface area contributed by atoms with Gasteiger partial charge in [-0.2, -0.15) is 0 Å². The topological polar surface area (TPSA) is 66.9 Å². The van der Waals surface area contributed by atoms with Crippen molar-refractivity contribution < 1.29 is 4.79 Å². The Morgan fingerprint density at radius 1 is 1.23 bits per heavy atom. The van der Waals surface area contributed by atoms with Gasteiger partial charge in [0.05, 0.1) is 0 Å². The summed E-state index contributed by atoms with van der Waals surface area (Å²) in [6.45, 7) is 7.07. The zero-order valence-electron chi connectivity index (χ0n) is 13.3. The fraction of sp³-hybridized carbons (Fsp3) is 0.353. The Bertz CT molecular complexity index is 640. The number of rotatable bonds is 6. The molecule has 1 aromatic carbocycles. The molecule has 5 nitrogen and oxygen atoms in total. The standard InChI is InChI=1S/C17H22N4O/c1-12(2)8-10-18-17-19-11-9-15(21-17)16(22)20-14-7-5-4-6-13(14)3/h4-7,9,11-12H,8,10H2,1-3H3,(H,20,22)(H,18,19,21). The molecule has 2 rings (SSSR count). The predicted octanol–water partition coefficient (Wildman–Crippen LogP) is 3.50. The SMILES string of the molecule is Cc1ccccc1NC(=O)c1ccnc(NCCC(C)C)n1. The Hall–Kier alpha value is -2.43. The van der Waals surface area contributed by atoms with E-state index in [0.29, 0.717) is 17.6 Å². The van der Waals surface area contributed by atoms with E-state index in [-0.39, 0.29) is 5.91 Å². The molecule has 0 atom stereocenters. The molecule has 1 aromatic heterocycles. The van der Waals surface area contributed by atoms with Crippen LogP contribution < -0.4 is 10.6 Å². The number of anilines is 2. The van der Waals surface area contributed by atoms with Crippen molar-refractivity contribution in [3.8, 4) is 0 Å². The van der Waals surface area contributed by atoms with Crippen LogP contribution in [0.5, 0.6) is 0 Å². The predicted molar refractivity (Wildman–Crippen MR) is 89.1 cm³/mol. The van der Waals surface area contributed by atoms with Crippen LogP contribution in [0.1, 0.15) is 36.3 Å². The third-order valence-electron chi connectivity index (χ3n) is 3.29. The van der Waals surface area contributed by atoms with Crippen molar-refractivity contribution in [2.75, 3.05) is 17.2 Å². The van der Waals surface area contributed by atoms with E-state index in [1.54, 1.807) is 12.3 Å². The van der Waals surface area contributed by atoms with Crippen LogP contribution in [-0.4, -0.2) is 22.4 Å². The molecule has 0 fully saturated rings. The van der Waals surface area contributed by atoms with Crippen molar-refractivity contribution >= 4 is 17.5 Å². The first-order valence-electron chi connectivity index (χ1n) is 7.50. The third kappa shape index (κ3) is 4.55. The number of carbonyl (C=O) groups is 1. The van der Waals surface area contributed by atoms with Crippen LogP contribution in [0.2, 0.25) is 0 Å². The fourth-order valence-corrected chi connectivity index (χ4v) is 1.94. The van der Waals surface area contributed by atoms with Gasteiger partial charge in [0.2, 0.25) is 5.95 Å². The summed E-state index contributed by atoms with van der Waals surface area (Å²) in [5.74, 6) is 0.863. The van der Waals surface area contributed by atoms with Crippen LogP contribution in [0.15, 0.2) is 36.5 Å². The number of para-hydroxylation sites is 1. The van der Waals surface area contributed by atoms with E-state index < -0.39 is 0 Å². The average Bonchev–Trinajstić information content (AvgIpc) is 2.49. The summed E-state index contributed by atoms with van der Waals surface area (Å²) >= 11 is 0. The number of nitrogens with zero attached hydrogens (tertiary/aromatic N) is 2. The highest BCUT2D eigenvalue weighted by Gasteiger charge is 2.10. The summed E-state index contributed by atoms with van der Waals surface area (Å²) in [6.07, 6.45) is 2.63. The maximum Gasteiger partial charge on any atom is 0.274 e. The molecule has 22 heavy (non-hydrogen) atoms. The van der Waals surface area contributed by atoms with Gasteiger partial charge in [-0.05, 0) is 37.0 Å². The van der Waals surface area contributed by atoms with Gasteiger partial charge in [-0.1, -0.05) is 32.0 Å². The van der Waals surface area contributed by atoms with Crippen LogP contribution in [-0.2, 0) is 0 Å².